The number of hydrogen-bond acceptors (Lipinski definition) is 2. The van der Waals surface area contributed by atoms with Crippen molar-refractivity contribution in [1.29, 1.82) is 0 Å². The van der Waals surface area contributed by atoms with Crippen LogP contribution in [0.15, 0.2) is 60.8 Å². The molecule has 0 saturated heterocycles. The Kier molecular flexibility index (Phi) is 5.81. The summed E-state index contributed by atoms with van der Waals surface area (Å²) in [4.78, 5) is 19.5. The molecule has 1 N–H and O–H groups in total. The van der Waals surface area contributed by atoms with Gasteiger partial charge in [0.15, 0.2) is 0 Å². The van der Waals surface area contributed by atoms with E-state index < -0.39 is 0 Å². The second kappa shape index (κ2) is 8.66. The summed E-state index contributed by atoms with van der Waals surface area (Å²) in [6.45, 7) is 8.38. The maximum absolute atomic E-state index is 11.8. The van der Waals surface area contributed by atoms with Crippen molar-refractivity contribution >= 4 is 28.6 Å². The van der Waals surface area contributed by atoms with Crippen LogP contribution in [0.4, 0.5) is 5.69 Å². The lowest BCUT2D eigenvalue weighted by Crippen LogP contribution is -2.31. The lowest BCUT2D eigenvalue weighted by Gasteiger charge is -2.27. The van der Waals surface area contributed by atoms with Gasteiger partial charge in [-0.15, -0.1) is 0 Å². The molecule has 4 rings (SSSR count). The zero-order valence-electron chi connectivity index (χ0n) is 17.3. The molecule has 1 aliphatic rings. The molecule has 3 aromatic rings. The Labute approximate surface area is 172 Å². The topological polar surface area (TPSA) is 39.3 Å². The SMILES string of the molecule is CC(C)CN1CC=C(c2c[nH]c3ccc(N(C=O)Cc4ccccc4)cc23)CC1. The van der Waals surface area contributed by atoms with Crippen LogP contribution in [-0.2, 0) is 11.3 Å². The van der Waals surface area contributed by atoms with Crippen LogP contribution in [0.25, 0.3) is 16.5 Å². The van der Waals surface area contributed by atoms with E-state index in [1.54, 1.807) is 4.90 Å². The summed E-state index contributed by atoms with van der Waals surface area (Å²) in [6.07, 6.45) is 6.46. The largest absolute Gasteiger partial charge is 0.361 e. The Morgan fingerprint density at radius 1 is 1.17 bits per heavy atom. The lowest BCUT2D eigenvalue weighted by atomic mass is 9.98. The number of aromatic nitrogens is 1. The second-order valence-corrected chi connectivity index (χ2v) is 8.28. The fraction of sp³-hybridized carbons (Fsp3) is 0.320. The first kappa shape index (κ1) is 19.5. The number of aromatic amines is 1. The average Bonchev–Trinajstić information content (AvgIpc) is 3.16. The number of fused-ring (bicyclic) bond motifs is 1. The van der Waals surface area contributed by atoms with Crippen molar-refractivity contribution in [2.24, 2.45) is 5.92 Å². The van der Waals surface area contributed by atoms with Crippen molar-refractivity contribution in [3.8, 4) is 0 Å². The minimum atomic E-state index is 0.572. The van der Waals surface area contributed by atoms with E-state index in [1.807, 2.05) is 36.4 Å². The van der Waals surface area contributed by atoms with Crippen molar-refractivity contribution in [2.75, 3.05) is 24.5 Å². The molecule has 0 radical (unpaired) electrons. The number of H-pyrrole nitrogens is 1. The van der Waals surface area contributed by atoms with Crippen molar-refractivity contribution in [3.63, 3.8) is 0 Å². The molecule has 0 saturated carbocycles. The molecule has 2 aromatic carbocycles. The molecule has 0 atom stereocenters. The summed E-state index contributed by atoms with van der Waals surface area (Å²) < 4.78 is 0. The van der Waals surface area contributed by atoms with Gasteiger partial charge in [0.2, 0.25) is 6.41 Å². The van der Waals surface area contributed by atoms with E-state index in [2.05, 4.69) is 48.1 Å². The summed E-state index contributed by atoms with van der Waals surface area (Å²) in [5, 5.41) is 1.19. The molecule has 0 spiro atoms. The third-order valence-corrected chi connectivity index (χ3v) is 5.58. The summed E-state index contributed by atoms with van der Waals surface area (Å²) in [5.41, 5.74) is 5.81. The summed E-state index contributed by atoms with van der Waals surface area (Å²) >= 11 is 0. The van der Waals surface area contributed by atoms with Crippen molar-refractivity contribution in [3.05, 3.63) is 71.9 Å². The van der Waals surface area contributed by atoms with Gasteiger partial charge in [0, 0.05) is 48.0 Å². The van der Waals surface area contributed by atoms with Gasteiger partial charge in [-0.3, -0.25) is 9.69 Å². The molecule has 29 heavy (non-hydrogen) atoms. The standard InChI is InChI=1S/C25H29N3O/c1-19(2)16-27-12-10-21(11-13-27)24-15-26-25-9-8-22(14-23(24)25)28(18-29)17-20-6-4-3-5-7-20/h3-10,14-15,18-19,26H,11-13,16-17H2,1-2H3. The van der Waals surface area contributed by atoms with E-state index in [0.29, 0.717) is 12.5 Å². The molecule has 0 unspecified atom stereocenters. The Bertz CT molecular complexity index is 1000. The van der Waals surface area contributed by atoms with Crippen molar-refractivity contribution in [2.45, 2.75) is 26.8 Å². The highest BCUT2D eigenvalue weighted by molar-refractivity contribution is 5.96. The number of nitrogens with zero attached hydrogens (tertiary/aromatic N) is 2. The van der Waals surface area contributed by atoms with Gasteiger partial charge in [-0.05, 0) is 41.7 Å². The first-order valence-corrected chi connectivity index (χ1v) is 10.4. The predicted molar refractivity (Wildman–Crippen MR) is 121 cm³/mol. The Morgan fingerprint density at radius 2 is 2.00 bits per heavy atom. The molecule has 0 bridgehead atoms. The number of benzene rings is 2. The Hall–Kier alpha value is -2.85. The monoisotopic (exact) mass is 387 g/mol. The molecule has 0 fully saturated rings. The highest BCUT2D eigenvalue weighted by atomic mass is 16.1. The maximum Gasteiger partial charge on any atom is 0.214 e. The zero-order valence-corrected chi connectivity index (χ0v) is 17.3. The van der Waals surface area contributed by atoms with Gasteiger partial charge in [-0.25, -0.2) is 0 Å². The van der Waals surface area contributed by atoms with E-state index in [-0.39, 0.29) is 0 Å². The molecule has 4 heteroatoms. The van der Waals surface area contributed by atoms with Gasteiger partial charge in [-0.1, -0.05) is 50.3 Å². The Morgan fingerprint density at radius 3 is 2.69 bits per heavy atom. The summed E-state index contributed by atoms with van der Waals surface area (Å²) in [7, 11) is 0. The third kappa shape index (κ3) is 4.43. The normalized spacial score (nSPS) is 14.9. The number of anilines is 1. The molecule has 2 heterocycles. The lowest BCUT2D eigenvalue weighted by molar-refractivity contribution is -0.107. The van der Waals surface area contributed by atoms with Crippen LogP contribution in [-0.4, -0.2) is 35.9 Å². The highest BCUT2D eigenvalue weighted by Crippen LogP contribution is 2.32. The molecule has 1 amide bonds. The van der Waals surface area contributed by atoms with Crippen LogP contribution in [0.5, 0.6) is 0 Å². The van der Waals surface area contributed by atoms with Gasteiger partial charge in [0.1, 0.15) is 0 Å². The van der Waals surface area contributed by atoms with Crippen LogP contribution in [0.1, 0.15) is 31.4 Å². The molecular weight excluding hydrogens is 358 g/mol. The predicted octanol–water partition coefficient (Wildman–Crippen LogP) is 5.08. The quantitative estimate of drug-likeness (QED) is 0.575. The zero-order chi connectivity index (χ0) is 20.2. The van der Waals surface area contributed by atoms with E-state index in [4.69, 9.17) is 0 Å². The molecule has 1 aromatic heterocycles. The van der Waals surface area contributed by atoms with E-state index >= 15 is 0 Å². The van der Waals surface area contributed by atoms with Gasteiger partial charge < -0.3 is 9.88 Å². The molecule has 1 aliphatic heterocycles. The average molecular weight is 388 g/mol. The molecule has 0 aliphatic carbocycles. The molecular formula is C25H29N3O. The fourth-order valence-corrected chi connectivity index (χ4v) is 4.16. The van der Waals surface area contributed by atoms with Gasteiger partial charge in [-0.2, -0.15) is 0 Å². The fourth-order valence-electron chi connectivity index (χ4n) is 4.16. The van der Waals surface area contributed by atoms with Gasteiger partial charge in [0.25, 0.3) is 0 Å². The van der Waals surface area contributed by atoms with Crippen LogP contribution >= 0.6 is 0 Å². The number of amides is 1. The van der Waals surface area contributed by atoms with Crippen LogP contribution in [0.2, 0.25) is 0 Å². The molecule has 150 valence electrons. The summed E-state index contributed by atoms with van der Waals surface area (Å²) in [6, 6.07) is 16.3. The number of rotatable bonds is 7. The van der Waals surface area contributed by atoms with Crippen LogP contribution < -0.4 is 4.90 Å². The smallest absolute Gasteiger partial charge is 0.214 e. The van der Waals surface area contributed by atoms with Gasteiger partial charge in [0.05, 0.1) is 6.54 Å². The number of carbonyl (C=O) groups excluding carboxylic acids is 1. The third-order valence-electron chi connectivity index (χ3n) is 5.58. The number of hydrogen-bond donors (Lipinski definition) is 1. The minimum Gasteiger partial charge on any atom is -0.361 e. The first-order valence-electron chi connectivity index (χ1n) is 10.4. The van der Waals surface area contributed by atoms with E-state index in [9.17, 15) is 4.79 Å². The molecule has 4 nitrogen and oxygen atoms in total. The summed E-state index contributed by atoms with van der Waals surface area (Å²) in [5.74, 6) is 0.694. The van der Waals surface area contributed by atoms with Crippen LogP contribution in [0.3, 0.4) is 0 Å². The van der Waals surface area contributed by atoms with Gasteiger partial charge >= 0.3 is 0 Å². The highest BCUT2D eigenvalue weighted by Gasteiger charge is 2.17. The second-order valence-electron chi connectivity index (χ2n) is 8.28. The van der Waals surface area contributed by atoms with E-state index in [0.717, 1.165) is 49.2 Å². The van der Waals surface area contributed by atoms with Crippen LogP contribution in [0, 0.1) is 5.92 Å². The first-order chi connectivity index (χ1) is 14.1. The Balaban J connectivity index is 1.59. The minimum absolute atomic E-state index is 0.572. The van der Waals surface area contributed by atoms with Crippen molar-refractivity contribution < 1.29 is 4.79 Å². The maximum atomic E-state index is 11.8. The van der Waals surface area contributed by atoms with Crippen molar-refractivity contribution in [1.82, 2.24) is 9.88 Å². The number of carbonyl (C=O) groups is 1. The number of nitrogens with one attached hydrogen (secondary N) is 1. The van der Waals surface area contributed by atoms with E-state index in [1.165, 1.54) is 16.5 Å².